The van der Waals surface area contributed by atoms with Crippen LogP contribution in [0.4, 0.5) is 11.4 Å². The Morgan fingerprint density at radius 1 is 0.643 bits per heavy atom. The maximum Gasteiger partial charge on any atom is 0.274 e. The highest BCUT2D eigenvalue weighted by molar-refractivity contribution is 6.07. The van der Waals surface area contributed by atoms with Crippen LogP contribution in [0.25, 0.3) is 0 Å². The first-order valence-electron chi connectivity index (χ1n) is 20.0. The molecule has 0 unspecified atom stereocenters. The summed E-state index contributed by atoms with van der Waals surface area (Å²) in [5, 5.41) is 18.1. The molecule has 3 aromatic rings. The number of aromatic nitrogens is 3. The molecule has 0 fully saturated rings. The summed E-state index contributed by atoms with van der Waals surface area (Å²) in [6, 6.07) is 6.32. The van der Waals surface area contributed by atoms with Crippen molar-refractivity contribution in [3.8, 4) is 0 Å². The summed E-state index contributed by atoms with van der Waals surface area (Å²) in [5.41, 5.74) is 2.17. The first kappa shape index (κ1) is 44.9. The fourth-order valence-electron chi connectivity index (χ4n) is 5.77. The van der Waals surface area contributed by atoms with Crippen LogP contribution in [0.15, 0.2) is 52.8 Å². The van der Waals surface area contributed by atoms with Crippen LogP contribution in [0.3, 0.4) is 0 Å². The number of carbonyl (C=O) groups is 4. The third-order valence-electron chi connectivity index (χ3n) is 8.68. The van der Waals surface area contributed by atoms with E-state index in [0.717, 1.165) is 37.6 Å². The monoisotopic (exact) mass is 774 g/mol. The third-order valence-corrected chi connectivity index (χ3v) is 8.68. The fourth-order valence-corrected chi connectivity index (χ4v) is 5.77. The Kier molecular flexibility index (Phi) is 18.8. The van der Waals surface area contributed by atoms with E-state index in [9.17, 15) is 19.2 Å². The second kappa shape index (κ2) is 23.4. The highest BCUT2D eigenvalue weighted by atomic mass is 16.2. The molecule has 3 rings (SSSR count). The summed E-state index contributed by atoms with van der Waals surface area (Å²) in [5.74, 6) is 1.15. The lowest BCUT2D eigenvalue weighted by Crippen LogP contribution is -2.32. The molecular formula is C41H63N11O4. The number of hydrogen-bond donors (Lipinski definition) is 6. The van der Waals surface area contributed by atoms with Gasteiger partial charge in [0.2, 0.25) is 0 Å². The second-order valence-corrected chi connectivity index (χ2v) is 14.2. The Bertz CT molecular complexity index is 1660. The third kappa shape index (κ3) is 14.6. The maximum atomic E-state index is 13.3. The number of rotatable bonds is 22. The van der Waals surface area contributed by atoms with Crippen molar-refractivity contribution in [2.75, 3.05) is 49.9 Å². The molecular weight excluding hydrogens is 711 g/mol. The maximum absolute atomic E-state index is 13.3. The number of hydrogen-bond acceptors (Lipinski definition) is 7. The van der Waals surface area contributed by atoms with Crippen molar-refractivity contribution >= 4 is 46.7 Å². The van der Waals surface area contributed by atoms with E-state index in [1.807, 2.05) is 36.8 Å². The van der Waals surface area contributed by atoms with Gasteiger partial charge in [0.15, 0.2) is 0 Å². The zero-order valence-corrected chi connectivity index (χ0v) is 34.6. The van der Waals surface area contributed by atoms with Crippen molar-refractivity contribution in [3.63, 3.8) is 0 Å². The van der Waals surface area contributed by atoms with E-state index < -0.39 is 11.8 Å². The van der Waals surface area contributed by atoms with Crippen LogP contribution in [0, 0.1) is 11.8 Å². The predicted octanol–water partition coefficient (Wildman–Crippen LogP) is 5.58. The summed E-state index contributed by atoms with van der Waals surface area (Å²) in [6.07, 6.45) is 7.73. The molecule has 0 saturated carbocycles. The molecule has 3 aromatic heterocycles. The van der Waals surface area contributed by atoms with Crippen LogP contribution < -0.4 is 31.9 Å². The zero-order chi connectivity index (χ0) is 41.0. The van der Waals surface area contributed by atoms with Crippen LogP contribution in [-0.4, -0.2) is 88.7 Å². The van der Waals surface area contributed by atoms with Crippen molar-refractivity contribution in [2.24, 2.45) is 21.8 Å². The smallest absolute Gasteiger partial charge is 0.274 e. The van der Waals surface area contributed by atoms with Crippen LogP contribution in [0.2, 0.25) is 0 Å². The SMILES string of the molecule is CC/N=C(\CCNC(=O)c1cc(NC(=O)c2ccc(C(=O)Nc3cc(C(=O)NCC/C(=N\CC)NCC)n(CCC(C)C)c3)nc2)cn1CCC(C)C)NCC. The summed E-state index contributed by atoms with van der Waals surface area (Å²) >= 11 is 0. The molecule has 0 aliphatic heterocycles. The summed E-state index contributed by atoms with van der Waals surface area (Å²) < 4.78 is 3.71. The number of anilines is 2. The first-order valence-corrected chi connectivity index (χ1v) is 20.0. The molecule has 15 heteroatoms. The molecule has 306 valence electrons. The molecule has 0 aromatic carbocycles. The molecule has 56 heavy (non-hydrogen) atoms. The molecule has 3 heterocycles. The number of nitrogens with zero attached hydrogens (tertiary/aromatic N) is 5. The molecule has 6 N–H and O–H groups in total. The molecule has 0 bridgehead atoms. The van der Waals surface area contributed by atoms with Gasteiger partial charge in [-0.1, -0.05) is 27.7 Å². The number of pyridine rings is 1. The molecule has 0 aliphatic rings. The molecule has 15 nitrogen and oxygen atoms in total. The van der Waals surface area contributed by atoms with Gasteiger partial charge in [-0.05, 0) is 76.6 Å². The van der Waals surface area contributed by atoms with E-state index in [1.54, 1.807) is 24.5 Å². The van der Waals surface area contributed by atoms with Crippen LogP contribution in [0.1, 0.15) is 123 Å². The van der Waals surface area contributed by atoms with Crippen LogP contribution >= 0.6 is 0 Å². The Morgan fingerprint density at radius 2 is 1.11 bits per heavy atom. The Hall–Kier alpha value is -5.47. The van der Waals surface area contributed by atoms with E-state index >= 15 is 0 Å². The fraction of sp³-hybridized carbons (Fsp3) is 0.537. The zero-order valence-electron chi connectivity index (χ0n) is 34.6. The van der Waals surface area contributed by atoms with Gasteiger partial charge >= 0.3 is 0 Å². The largest absolute Gasteiger partial charge is 0.374 e. The standard InChI is InChI=1S/C41H63N11O4/c1-9-42-36(43-10-2)15-19-46-40(55)34-23-31(26-51(34)21-17-28(5)6)49-38(53)30-13-14-33(48-25-30)39(54)50-32-24-35(52(27-32)22-18-29(7)8)41(56)47-20-16-37(44-11-3)45-12-4/h13-14,23-29H,9-12,15-22H2,1-8H3,(H,42,43)(H,44,45)(H,46,55)(H,47,56)(H,49,53)(H,50,54). The lowest BCUT2D eigenvalue weighted by atomic mass is 10.1. The topological polar surface area (TPSA) is 188 Å². The van der Waals surface area contributed by atoms with Gasteiger partial charge in [-0.25, -0.2) is 0 Å². The van der Waals surface area contributed by atoms with Gasteiger partial charge in [0, 0.05) is 83.8 Å². The van der Waals surface area contributed by atoms with E-state index in [0.29, 0.717) is 86.7 Å². The predicted molar refractivity (Wildman–Crippen MR) is 225 cm³/mol. The van der Waals surface area contributed by atoms with Gasteiger partial charge in [-0.2, -0.15) is 0 Å². The minimum absolute atomic E-state index is 0.105. The van der Waals surface area contributed by atoms with Crippen molar-refractivity contribution in [2.45, 2.75) is 94.2 Å². The van der Waals surface area contributed by atoms with Gasteiger partial charge < -0.3 is 41.0 Å². The average Bonchev–Trinajstić information content (AvgIpc) is 3.77. The number of carbonyl (C=O) groups excluding carboxylic acids is 4. The molecule has 0 atom stereocenters. The van der Waals surface area contributed by atoms with Gasteiger partial charge in [0.25, 0.3) is 23.6 Å². The highest BCUT2D eigenvalue weighted by Crippen LogP contribution is 2.19. The van der Waals surface area contributed by atoms with E-state index in [1.165, 1.54) is 18.3 Å². The van der Waals surface area contributed by atoms with Crippen LogP contribution in [-0.2, 0) is 13.1 Å². The van der Waals surface area contributed by atoms with Crippen molar-refractivity contribution < 1.29 is 19.2 Å². The first-order chi connectivity index (χ1) is 26.9. The van der Waals surface area contributed by atoms with Crippen LogP contribution in [0.5, 0.6) is 0 Å². The number of amides is 4. The normalized spacial score (nSPS) is 11.8. The van der Waals surface area contributed by atoms with Gasteiger partial charge in [0.1, 0.15) is 17.1 Å². The van der Waals surface area contributed by atoms with Gasteiger partial charge in [0.05, 0.1) is 28.6 Å². The summed E-state index contributed by atoms with van der Waals surface area (Å²) in [7, 11) is 0. The lowest BCUT2D eigenvalue weighted by Gasteiger charge is -2.12. The lowest BCUT2D eigenvalue weighted by molar-refractivity contribution is 0.0936. The van der Waals surface area contributed by atoms with Crippen molar-refractivity contribution in [1.29, 1.82) is 0 Å². The Morgan fingerprint density at radius 3 is 1.50 bits per heavy atom. The molecule has 0 aliphatic carbocycles. The molecule has 0 spiro atoms. The quantitative estimate of drug-likeness (QED) is 0.0568. The highest BCUT2D eigenvalue weighted by Gasteiger charge is 2.19. The number of aliphatic imine (C=N–C) groups is 2. The Balaban J connectivity index is 1.68. The van der Waals surface area contributed by atoms with Gasteiger partial charge in [-0.15, -0.1) is 0 Å². The number of aryl methyl sites for hydroxylation is 2. The van der Waals surface area contributed by atoms with Gasteiger partial charge in [-0.3, -0.25) is 34.1 Å². The number of amidine groups is 2. The number of nitrogens with one attached hydrogen (secondary N) is 6. The minimum Gasteiger partial charge on any atom is -0.374 e. The minimum atomic E-state index is -0.479. The van der Waals surface area contributed by atoms with Crippen molar-refractivity contribution in [3.05, 3.63) is 65.5 Å². The molecule has 0 radical (unpaired) electrons. The molecule has 0 saturated heterocycles. The average molecular weight is 774 g/mol. The van der Waals surface area contributed by atoms with E-state index in [-0.39, 0.29) is 23.1 Å². The summed E-state index contributed by atoms with van der Waals surface area (Å²) in [4.78, 5) is 66.2. The Labute approximate surface area is 332 Å². The second-order valence-electron chi connectivity index (χ2n) is 14.2. The van der Waals surface area contributed by atoms with Crippen molar-refractivity contribution in [1.82, 2.24) is 35.4 Å². The van der Waals surface area contributed by atoms with E-state index in [2.05, 4.69) is 74.6 Å². The summed E-state index contributed by atoms with van der Waals surface area (Å²) in [6.45, 7) is 21.3. The van der Waals surface area contributed by atoms with E-state index in [4.69, 9.17) is 0 Å². The molecule has 4 amide bonds.